The molecule has 0 atom stereocenters. The molecule has 0 radical (unpaired) electrons. The van der Waals surface area contributed by atoms with Crippen LogP contribution in [0.5, 0.6) is 5.75 Å². The Morgan fingerprint density at radius 3 is 2.30 bits per heavy atom. The molecule has 0 aliphatic carbocycles. The first kappa shape index (κ1) is 15.4. The van der Waals surface area contributed by atoms with Gasteiger partial charge in [-0.05, 0) is 42.2 Å². The van der Waals surface area contributed by atoms with E-state index in [9.17, 15) is 0 Å². The molecule has 0 fully saturated rings. The van der Waals surface area contributed by atoms with Crippen molar-refractivity contribution < 1.29 is 4.74 Å². The van der Waals surface area contributed by atoms with E-state index in [4.69, 9.17) is 4.74 Å². The Balaban J connectivity index is 1.49. The Labute approximate surface area is 138 Å². The Morgan fingerprint density at radius 1 is 0.739 bits per heavy atom. The molecule has 0 aliphatic heterocycles. The highest BCUT2D eigenvalue weighted by Crippen LogP contribution is 2.21. The van der Waals surface area contributed by atoms with Crippen molar-refractivity contribution >= 4 is 0 Å². The zero-order valence-electron chi connectivity index (χ0n) is 13.4. The van der Waals surface area contributed by atoms with Gasteiger partial charge in [-0.3, -0.25) is 0 Å². The zero-order chi connectivity index (χ0) is 15.7. The van der Waals surface area contributed by atoms with Gasteiger partial charge in [-0.1, -0.05) is 48.5 Å². The van der Waals surface area contributed by atoms with E-state index in [0.29, 0.717) is 0 Å². The zero-order valence-corrected chi connectivity index (χ0v) is 13.4. The van der Waals surface area contributed by atoms with Gasteiger partial charge in [-0.2, -0.15) is 0 Å². The van der Waals surface area contributed by atoms with Crippen molar-refractivity contribution in [2.24, 2.45) is 0 Å². The highest BCUT2D eigenvalue weighted by molar-refractivity contribution is 5.37. The maximum Gasteiger partial charge on any atom is 0.122 e. The predicted octanol–water partition coefficient (Wildman–Crippen LogP) is 4.94. The van der Waals surface area contributed by atoms with Gasteiger partial charge in [-0.25, -0.2) is 0 Å². The van der Waals surface area contributed by atoms with Crippen molar-refractivity contribution in [1.82, 2.24) is 4.57 Å². The van der Waals surface area contributed by atoms with Gasteiger partial charge in [0.15, 0.2) is 0 Å². The number of para-hydroxylation sites is 1. The molecule has 1 aromatic heterocycles. The molecule has 0 aliphatic rings. The molecule has 0 bridgehead atoms. The first-order valence-corrected chi connectivity index (χ1v) is 8.27. The van der Waals surface area contributed by atoms with E-state index in [1.54, 1.807) is 0 Å². The summed E-state index contributed by atoms with van der Waals surface area (Å²) in [7, 11) is 0. The van der Waals surface area contributed by atoms with Crippen LogP contribution < -0.4 is 4.74 Å². The summed E-state index contributed by atoms with van der Waals surface area (Å²) in [5, 5.41) is 0. The molecule has 2 heteroatoms. The fourth-order valence-electron chi connectivity index (χ4n) is 2.70. The highest BCUT2D eigenvalue weighted by Gasteiger charge is 2.04. The average molecular weight is 305 g/mol. The Kier molecular flexibility index (Phi) is 5.52. The minimum Gasteiger partial charge on any atom is -0.493 e. The maximum absolute atomic E-state index is 6.02. The summed E-state index contributed by atoms with van der Waals surface area (Å²) in [4.78, 5) is 0. The van der Waals surface area contributed by atoms with Crippen molar-refractivity contribution in [3.05, 3.63) is 90.3 Å². The Bertz CT molecular complexity index is 689. The van der Waals surface area contributed by atoms with E-state index in [1.165, 1.54) is 11.1 Å². The third kappa shape index (κ3) is 4.75. The molecule has 0 saturated carbocycles. The lowest BCUT2D eigenvalue weighted by Gasteiger charge is -2.12. The summed E-state index contributed by atoms with van der Waals surface area (Å²) in [6.45, 7) is 1.83. The van der Waals surface area contributed by atoms with Crippen molar-refractivity contribution in [2.45, 2.75) is 25.8 Å². The predicted molar refractivity (Wildman–Crippen MR) is 94.9 cm³/mol. The standard InChI is InChI=1S/C21H23NO/c1-2-10-19(11-3-1)18-20-12-4-5-13-21(20)23-17-9-8-16-22-14-6-7-15-22/h1-7,10-15H,8-9,16-18H2. The molecule has 0 N–H and O–H groups in total. The molecule has 0 spiro atoms. The lowest BCUT2D eigenvalue weighted by molar-refractivity contribution is 0.301. The van der Waals surface area contributed by atoms with Crippen LogP contribution in [-0.2, 0) is 13.0 Å². The van der Waals surface area contributed by atoms with E-state index in [-0.39, 0.29) is 0 Å². The van der Waals surface area contributed by atoms with E-state index in [1.807, 2.05) is 6.07 Å². The molecule has 2 aromatic carbocycles. The van der Waals surface area contributed by atoms with Crippen molar-refractivity contribution in [1.29, 1.82) is 0 Å². The molecule has 118 valence electrons. The molecule has 2 nitrogen and oxygen atoms in total. The van der Waals surface area contributed by atoms with E-state index in [2.05, 4.69) is 77.6 Å². The number of rotatable bonds is 8. The first-order chi connectivity index (χ1) is 11.4. The average Bonchev–Trinajstić information content (AvgIpc) is 3.10. The van der Waals surface area contributed by atoms with Gasteiger partial charge in [0, 0.05) is 25.4 Å². The number of benzene rings is 2. The summed E-state index contributed by atoms with van der Waals surface area (Å²) in [5.74, 6) is 1.01. The number of aromatic nitrogens is 1. The van der Waals surface area contributed by atoms with Crippen molar-refractivity contribution in [3.8, 4) is 5.75 Å². The topological polar surface area (TPSA) is 14.2 Å². The van der Waals surface area contributed by atoms with Crippen LogP contribution in [0.3, 0.4) is 0 Å². The van der Waals surface area contributed by atoms with Crippen LogP contribution in [0.25, 0.3) is 0 Å². The van der Waals surface area contributed by atoms with E-state index >= 15 is 0 Å². The molecule has 0 unspecified atom stereocenters. The van der Waals surface area contributed by atoms with Crippen molar-refractivity contribution in [2.75, 3.05) is 6.61 Å². The van der Waals surface area contributed by atoms with Gasteiger partial charge in [0.1, 0.15) is 5.75 Å². The van der Waals surface area contributed by atoms with Gasteiger partial charge in [-0.15, -0.1) is 0 Å². The fourth-order valence-corrected chi connectivity index (χ4v) is 2.70. The van der Waals surface area contributed by atoms with E-state index < -0.39 is 0 Å². The van der Waals surface area contributed by atoms with Crippen LogP contribution in [-0.4, -0.2) is 11.2 Å². The van der Waals surface area contributed by atoms with Gasteiger partial charge >= 0.3 is 0 Å². The summed E-state index contributed by atoms with van der Waals surface area (Å²) in [6.07, 6.45) is 7.33. The normalized spacial score (nSPS) is 10.6. The van der Waals surface area contributed by atoms with Crippen LogP contribution >= 0.6 is 0 Å². The number of unbranched alkanes of at least 4 members (excludes halogenated alkanes) is 1. The maximum atomic E-state index is 6.02. The summed E-state index contributed by atoms with van der Waals surface area (Å²) < 4.78 is 8.23. The van der Waals surface area contributed by atoms with Gasteiger partial charge in [0.05, 0.1) is 6.61 Å². The molecule has 1 heterocycles. The van der Waals surface area contributed by atoms with Crippen LogP contribution in [0.15, 0.2) is 79.1 Å². The van der Waals surface area contributed by atoms with Gasteiger partial charge < -0.3 is 9.30 Å². The quantitative estimate of drug-likeness (QED) is 0.538. The molecular weight excluding hydrogens is 282 g/mol. The SMILES string of the molecule is c1ccc(Cc2ccccc2OCCCCn2cccc2)cc1. The van der Waals surface area contributed by atoms with E-state index in [0.717, 1.165) is 38.2 Å². The minimum absolute atomic E-state index is 0.771. The second-order valence-corrected chi connectivity index (χ2v) is 5.75. The first-order valence-electron chi connectivity index (χ1n) is 8.27. The largest absolute Gasteiger partial charge is 0.493 e. The number of nitrogens with zero attached hydrogens (tertiary/aromatic N) is 1. The van der Waals surface area contributed by atoms with Gasteiger partial charge in [0.25, 0.3) is 0 Å². The molecule has 0 saturated heterocycles. The molecular formula is C21H23NO. The molecule has 3 rings (SSSR count). The number of hydrogen-bond acceptors (Lipinski definition) is 1. The molecule has 3 aromatic rings. The number of aryl methyl sites for hydroxylation is 1. The van der Waals surface area contributed by atoms with Crippen LogP contribution in [0.2, 0.25) is 0 Å². The monoisotopic (exact) mass is 305 g/mol. The lowest BCUT2D eigenvalue weighted by atomic mass is 10.0. The summed E-state index contributed by atoms with van der Waals surface area (Å²) in [5.41, 5.74) is 2.57. The minimum atomic E-state index is 0.771. The highest BCUT2D eigenvalue weighted by atomic mass is 16.5. The Hall–Kier alpha value is -2.48. The number of ether oxygens (including phenoxy) is 1. The van der Waals surface area contributed by atoms with Crippen molar-refractivity contribution in [3.63, 3.8) is 0 Å². The number of hydrogen-bond donors (Lipinski definition) is 0. The molecule has 23 heavy (non-hydrogen) atoms. The van der Waals surface area contributed by atoms with Crippen LogP contribution in [0.4, 0.5) is 0 Å². The van der Waals surface area contributed by atoms with Crippen LogP contribution in [0.1, 0.15) is 24.0 Å². The second-order valence-electron chi connectivity index (χ2n) is 5.75. The summed E-state index contributed by atoms with van der Waals surface area (Å²) in [6, 6.07) is 23.0. The molecule has 0 amide bonds. The Morgan fingerprint density at radius 2 is 1.48 bits per heavy atom. The van der Waals surface area contributed by atoms with Gasteiger partial charge in [0.2, 0.25) is 0 Å². The summed E-state index contributed by atoms with van der Waals surface area (Å²) >= 11 is 0. The fraction of sp³-hybridized carbons (Fsp3) is 0.238. The van der Waals surface area contributed by atoms with Crippen LogP contribution in [0, 0.1) is 0 Å². The second kappa shape index (κ2) is 8.23. The smallest absolute Gasteiger partial charge is 0.122 e. The third-order valence-electron chi connectivity index (χ3n) is 3.94. The lowest BCUT2D eigenvalue weighted by Crippen LogP contribution is -2.03. The third-order valence-corrected chi connectivity index (χ3v) is 3.94.